The zero-order valence-corrected chi connectivity index (χ0v) is 18.6. The molecule has 2 saturated carbocycles. The summed E-state index contributed by atoms with van der Waals surface area (Å²) in [5.41, 5.74) is 1.60. The molecule has 4 atom stereocenters. The number of hydrogen-bond acceptors (Lipinski definition) is 1. The Morgan fingerprint density at radius 2 is 1.75 bits per heavy atom. The smallest absolute Gasteiger partial charge is 0.0608 e. The maximum absolute atomic E-state index is 10.4. The quantitative estimate of drug-likeness (QED) is 0.581. The van der Waals surface area contributed by atoms with Crippen LogP contribution in [0.1, 0.15) is 78.1 Å². The van der Waals surface area contributed by atoms with Crippen LogP contribution in [0.25, 0.3) is 0 Å². The Labute approximate surface area is 174 Å². The van der Waals surface area contributed by atoms with Crippen molar-refractivity contribution in [3.05, 3.63) is 23.8 Å². The van der Waals surface area contributed by atoms with E-state index in [4.69, 9.17) is 0 Å². The average Bonchev–Trinajstić information content (AvgIpc) is 2.56. The molecule has 0 aromatic rings. The molecule has 1 N–H and O–H groups in total. The standard InChI is InChI=1S/C22H36O.Y/c1-3-4-17-6-8-18(9-7-17)19-10-12-20(13-11-19)21-14-5-16(2)15-22(21)23;/h3-4,12,16-19,21-23H,5-11,13-15H2,1-2H3;/b4-3+;. The first-order chi connectivity index (χ1) is 11.2. The summed E-state index contributed by atoms with van der Waals surface area (Å²) in [5, 5.41) is 10.4. The van der Waals surface area contributed by atoms with Crippen LogP contribution in [0.4, 0.5) is 0 Å². The van der Waals surface area contributed by atoms with Crippen LogP contribution < -0.4 is 0 Å². The van der Waals surface area contributed by atoms with Gasteiger partial charge in [-0.2, -0.15) is 0 Å². The molecule has 3 aliphatic carbocycles. The van der Waals surface area contributed by atoms with E-state index < -0.39 is 0 Å². The molecule has 0 bridgehead atoms. The first-order valence-electron chi connectivity index (χ1n) is 10.2. The Morgan fingerprint density at radius 3 is 2.33 bits per heavy atom. The van der Waals surface area contributed by atoms with Crippen molar-refractivity contribution >= 4 is 0 Å². The van der Waals surface area contributed by atoms with Gasteiger partial charge in [-0.1, -0.05) is 30.7 Å². The van der Waals surface area contributed by atoms with Gasteiger partial charge >= 0.3 is 0 Å². The third-order valence-electron chi connectivity index (χ3n) is 6.99. The Bertz CT molecular complexity index is 433. The fourth-order valence-corrected chi connectivity index (χ4v) is 5.50. The van der Waals surface area contributed by atoms with Gasteiger partial charge in [0.2, 0.25) is 0 Å². The van der Waals surface area contributed by atoms with Crippen LogP contribution in [0, 0.1) is 29.6 Å². The topological polar surface area (TPSA) is 20.2 Å². The molecule has 2 fully saturated rings. The Hall–Kier alpha value is 0.544. The SMILES string of the molecule is C/C=C/C1CCC(C2CC=C(C3CCC(C)CC3O)CC2)CC1.[Y]. The van der Waals surface area contributed by atoms with Crippen LogP contribution in [0.5, 0.6) is 0 Å². The summed E-state index contributed by atoms with van der Waals surface area (Å²) < 4.78 is 0. The van der Waals surface area contributed by atoms with Gasteiger partial charge in [-0.25, -0.2) is 0 Å². The van der Waals surface area contributed by atoms with E-state index in [2.05, 4.69) is 32.1 Å². The molecule has 3 aliphatic rings. The molecular weight excluding hydrogens is 369 g/mol. The zero-order chi connectivity index (χ0) is 16.2. The fourth-order valence-electron chi connectivity index (χ4n) is 5.50. The van der Waals surface area contributed by atoms with Crippen LogP contribution in [0.3, 0.4) is 0 Å². The van der Waals surface area contributed by atoms with Gasteiger partial charge in [-0.05, 0) is 94.8 Å². The largest absolute Gasteiger partial charge is 0.392 e. The second-order valence-electron chi connectivity index (χ2n) is 8.61. The van der Waals surface area contributed by atoms with E-state index in [1.807, 2.05) is 0 Å². The van der Waals surface area contributed by atoms with Crippen molar-refractivity contribution in [2.75, 3.05) is 0 Å². The van der Waals surface area contributed by atoms with Crippen LogP contribution >= 0.6 is 0 Å². The van der Waals surface area contributed by atoms with Gasteiger partial charge in [0.05, 0.1) is 6.10 Å². The van der Waals surface area contributed by atoms with Crippen LogP contribution in [-0.2, 0) is 32.7 Å². The van der Waals surface area contributed by atoms with E-state index in [0.29, 0.717) is 11.8 Å². The molecule has 1 radical (unpaired) electrons. The van der Waals surface area contributed by atoms with Crippen molar-refractivity contribution < 1.29 is 37.8 Å². The van der Waals surface area contributed by atoms with Crippen LogP contribution in [0.2, 0.25) is 0 Å². The molecule has 3 rings (SSSR count). The summed E-state index contributed by atoms with van der Waals surface area (Å²) in [7, 11) is 0. The van der Waals surface area contributed by atoms with Crippen LogP contribution in [0.15, 0.2) is 23.8 Å². The minimum absolute atomic E-state index is 0. The van der Waals surface area contributed by atoms with E-state index in [9.17, 15) is 5.11 Å². The Balaban J connectivity index is 0.00000208. The minimum atomic E-state index is -0.0715. The first kappa shape index (κ1) is 20.9. The second-order valence-corrected chi connectivity index (χ2v) is 8.61. The maximum Gasteiger partial charge on any atom is 0.0608 e. The predicted octanol–water partition coefficient (Wildman–Crippen LogP) is 5.89. The summed E-state index contributed by atoms with van der Waals surface area (Å²) in [5.74, 6) is 3.93. The molecule has 0 amide bonds. The van der Waals surface area contributed by atoms with Crippen molar-refractivity contribution in [2.24, 2.45) is 29.6 Å². The molecule has 4 unspecified atom stereocenters. The molecule has 0 saturated heterocycles. The maximum atomic E-state index is 10.4. The summed E-state index contributed by atoms with van der Waals surface area (Å²) in [6, 6.07) is 0. The van der Waals surface area contributed by atoms with Gasteiger partial charge in [-0.3, -0.25) is 0 Å². The molecule has 1 nitrogen and oxygen atoms in total. The summed E-state index contributed by atoms with van der Waals surface area (Å²) in [6.07, 6.45) is 20.3. The van der Waals surface area contributed by atoms with Crippen molar-refractivity contribution in [3.63, 3.8) is 0 Å². The molecule has 133 valence electrons. The number of aliphatic hydroxyl groups excluding tert-OH is 1. The van der Waals surface area contributed by atoms with Crippen LogP contribution in [-0.4, -0.2) is 11.2 Å². The van der Waals surface area contributed by atoms with E-state index in [0.717, 1.165) is 24.2 Å². The van der Waals surface area contributed by atoms with E-state index >= 15 is 0 Å². The first-order valence-corrected chi connectivity index (χ1v) is 10.2. The number of rotatable bonds is 3. The van der Waals surface area contributed by atoms with E-state index in [-0.39, 0.29) is 38.8 Å². The van der Waals surface area contributed by atoms with Gasteiger partial charge in [0.25, 0.3) is 0 Å². The number of aliphatic hydroxyl groups is 1. The molecule has 0 aromatic carbocycles. The molecule has 2 heteroatoms. The summed E-state index contributed by atoms with van der Waals surface area (Å²) in [6.45, 7) is 4.44. The molecular formula is C22H36OY. The van der Waals surface area contributed by atoms with Gasteiger partial charge in [-0.15, -0.1) is 0 Å². The third kappa shape index (κ3) is 5.27. The van der Waals surface area contributed by atoms with E-state index in [1.54, 1.807) is 5.57 Å². The number of hydrogen-bond donors (Lipinski definition) is 1. The minimum Gasteiger partial charge on any atom is -0.392 e. The van der Waals surface area contributed by atoms with Crippen molar-refractivity contribution in [1.29, 1.82) is 0 Å². The van der Waals surface area contributed by atoms with Crippen molar-refractivity contribution in [2.45, 2.75) is 84.2 Å². The fraction of sp³-hybridized carbons (Fsp3) is 0.818. The molecule has 0 heterocycles. The Kier molecular flexibility index (Phi) is 8.71. The van der Waals surface area contributed by atoms with Gasteiger partial charge < -0.3 is 5.11 Å². The second kappa shape index (κ2) is 10.0. The van der Waals surface area contributed by atoms with Gasteiger partial charge in [0, 0.05) is 38.6 Å². The zero-order valence-electron chi connectivity index (χ0n) is 15.8. The average molecular weight is 405 g/mol. The molecule has 0 aliphatic heterocycles. The summed E-state index contributed by atoms with van der Waals surface area (Å²) >= 11 is 0. The number of allylic oxidation sites excluding steroid dienone is 3. The van der Waals surface area contributed by atoms with E-state index in [1.165, 1.54) is 57.8 Å². The molecule has 0 aromatic heterocycles. The molecule has 0 spiro atoms. The van der Waals surface area contributed by atoms with Gasteiger partial charge in [0.1, 0.15) is 0 Å². The predicted molar refractivity (Wildman–Crippen MR) is 98.2 cm³/mol. The van der Waals surface area contributed by atoms with Gasteiger partial charge in [0.15, 0.2) is 0 Å². The van der Waals surface area contributed by atoms with Crippen molar-refractivity contribution in [3.8, 4) is 0 Å². The summed E-state index contributed by atoms with van der Waals surface area (Å²) in [4.78, 5) is 0. The third-order valence-corrected chi connectivity index (χ3v) is 6.99. The van der Waals surface area contributed by atoms with Crippen molar-refractivity contribution in [1.82, 2.24) is 0 Å². The normalized spacial score (nSPS) is 40.9. The molecule has 24 heavy (non-hydrogen) atoms. The monoisotopic (exact) mass is 405 g/mol. The Morgan fingerprint density at radius 1 is 1.00 bits per heavy atom.